The first-order valence-electron chi connectivity index (χ1n) is 27.2. The molecule has 0 aromatic rings. The highest BCUT2D eigenvalue weighted by molar-refractivity contribution is 5.71. The molecule has 0 saturated heterocycles. The molecule has 9 heteroatoms. The van der Waals surface area contributed by atoms with Gasteiger partial charge in [-0.25, -0.2) is 4.79 Å². The second-order valence-corrected chi connectivity index (χ2v) is 19.5. The normalized spacial score (nSPS) is 13.1. The number of aliphatic carboxylic acids is 1. The van der Waals surface area contributed by atoms with Crippen LogP contribution in [0, 0.1) is 0 Å². The van der Waals surface area contributed by atoms with Crippen molar-refractivity contribution in [1.29, 1.82) is 0 Å². The molecule has 0 aliphatic carbocycles. The number of quaternary nitrogens is 1. The van der Waals surface area contributed by atoms with Gasteiger partial charge in [-0.15, -0.1) is 0 Å². The van der Waals surface area contributed by atoms with E-state index in [2.05, 4.69) is 50.3 Å². The molecule has 0 spiro atoms. The van der Waals surface area contributed by atoms with Gasteiger partial charge >= 0.3 is 17.9 Å². The molecule has 2 unspecified atom stereocenters. The van der Waals surface area contributed by atoms with Crippen LogP contribution in [0.1, 0.15) is 245 Å². The number of unbranched alkanes of at least 4 members (excludes halogenated alkanes) is 29. The number of esters is 2. The molecule has 0 aromatic carbocycles. The van der Waals surface area contributed by atoms with Gasteiger partial charge in [-0.05, 0) is 70.6 Å². The molecule has 0 bridgehead atoms. The van der Waals surface area contributed by atoms with Crippen molar-refractivity contribution in [3.63, 3.8) is 0 Å². The highest BCUT2D eigenvalue weighted by Crippen LogP contribution is 2.15. The Bertz CT molecular complexity index is 1160. The van der Waals surface area contributed by atoms with E-state index in [9.17, 15) is 19.5 Å². The Hall–Kier alpha value is -2.49. The molecule has 0 heterocycles. The van der Waals surface area contributed by atoms with Gasteiger partial charge in [0.25, 0.3) is 6.29 Å². The number of carbonyl (C=O) groups is 3. The summed E-state index contributed by atoms with van der Waals surface area (Å²) in [6.07, 6.45) is 53.5. The SMILES string of the molecule is CCCCCCC/C=C\C/C=C\CCCCCCCCCCCCCC(=O)OC(COC(=O)CCCCCCCCC/C=C\CCCCCCCC)COC(OCC[N+](C)(C)C)C(=O)O. The van der Waals surface area contributed by atoms with Crippen molar-refractivity contribution >= 4 is 17.9 Å². The minimum atomic E-state index is -1.51. The lowest BCUT2D eigenvalue weighted by atomic mass is 10.0. The molecule has 0 radical (unpaired) electrons. The van der Waals surface area contributed by atoms with E-state index in [-0.39, 0.29) is 32.2 Å². The Morgan fingerprint density at radius 2 is 0.831 bits per heavy atom. The molecular formula is C56H104NO8+. The van der Waals surface area contributed by atoms with Crippen molar-refractivity contribution in [3.8, 4) is 0 Å². The molecule has 0 amide bonds. The second-order valence-electron chi connectivity index (χ2n) is 19.5. The lowest BCUT2D eigenvalue weighted by molar-refractivity contribution is -0.870. The van der Waals surface area contributed by atoms with Crippen molar-refractivity contribution in [3.05, 3.63) is 36.5 Å². The van der Waals surface area contributed by atoms with Gasteiger partial charge in [0.2, 0.25) is 0 Å². The largest absolute Gasteiger partial charge is 0.477 e. The average Bonchev–Trinajstić information content (AvgIpc) is 3.27. The van der Waals surface area contributed by atoms with E-state index in [1.807, 2.05) is 21.1 Å². The van der Waals surface area contributed by atoms with Crippen LogP contribution in [0.5, 0.6) is 0 Å². The van der Waals surface area contributed by atoms with E-state index in [1.54, 1.807) is 0 Å². The zero-order valence-corrected chi connectivity index (χ0v) is 43.2. The van der Waals surface area contributed by atoms with Crippen molar-refractivity contribution in [2.24, 2.45) is 0 Å². The first-order valence-corrected chi connectivity index (χ1v) is 27.2. The van der Waals surface area contributed by atoms with Gasteiger partial charge in [-0.3, -0.25) is 9.59 Å². The number of allylic oxidation sites excluding steroid dienone is 6. The van der Waals surface area contributed by atoms with Crippen LogP contribution in [0.4, 0.5) is 0 Å². The molecule has 2 atom stereocenters. The zero-order valence-electron chi connectivity index (χ0n) is 43.2. The van der Waals surface area contributed by atoms with E-state index in [0.717, 1.165) is 44.9 Å². The number of hydrogen-bond acceptors (Lipinski definition) is 7. The summed E-state index contributed by atoms with van der Waals surface area (Å²) >= 11 is 0. The van der Waals surface area contributed by atoms with Crippen LogP contribution >= 0.6 is 0 Å². The lowest BCUT2D eigenvalue weighted by Gasteiger charge is -2.25. The summed E-state index contributed by atoms with van der Waals surface area (Å²) in [5, 5.41) is 9.68. The number of nitrogens with zero attached hydrogens (tertiary/aromatic N) is 1. The predicted octanol–water partition coefficient (Wildman–Crippen LogP) is 15.3. The molecule has 1 N–H and O–H groups in total. The van der Waals surface area contributed by atoms with Gasteiger partial charge < -0.3 is 28.5 Å². The summed E-state index contributed by atoms with van der Waals surface area (Å²) in [6, 6.07) is 0. The van der Waals surface area contributed by atoms with Gasteiger partial charge in [-0.2, -0.15) is 0 Å². The third kappa shape index (κ3) is 49.2. The van der Waals surface area contributed by atoms with E-state index in [1.165, 1.54) is 173 Å². The number of ether oxygens (including phenoxy) is 4. The maximum absolute atomic E-state index is 12.8. The van der Waals surface area contributed by atoms with Crippen molar-refractivity contribution in [2.75, 3.05) is 47.5 Å². The van der Waals surface area contributed by atoms with Crippen molar-refractivity contribution < 1.29 is 42.9 Å². The molecule has 0 aliphatic rings. The van der Waals surface area contributed by atoms with Crippen LogP contribution in [0.2, 0.25) is 0 Å². The summed E-state index contributed by atoms with van der Waals surface area (Å²) in [5.41, 5.74) is 0. The topological polar surface area (TPSA) is 108 Å². The number of likely N-dealkylation sites (N-methyl/N-ethyl adjacent to an activating group) is 1. The smallest absolute Gasteiger partial charge is 0.361 e. The fourth-order valence-electron chi connectivity index (χ4n) is 7.63. The molecule has 65 heavy (non-hydrogen) atoms. The molecule has 9 nitrogen and oxygen atoms in total. The first kappa shape index (κ1) is 62.5. The van der Waals surface area contributed by atoms with Crippen LogP contribution < -0.4 is 0 Å². The van der Waals surface area contributed by atoms with Gasteiger partial charge in [0.1, 0.15) is 13.2 Å². The summed E-state index contributed by atoms with van der Waals surface area (Å²) in [6.45, 7) is 4.88. The Morgan fingerprint density at radius 3 is 1.23 bits per heavy atom. The van der Waals surface area contributed by atoms with E-state index in [4.69, 9.17) is 18.9 Å². The van der Waals surface area contributed by atoms with Crippen LogP contribution in [0.15, 0.2) is 36.5 Å². The number of carboxylic acid groups (broad SMARTS) is 1. The Kier molecular flexibility index (Phi) is 46.1. The molecule has 0 saturated carbocycles. The average molecular weight is 919 g/mol. The van der Waals surface area contributed by atoms with Gasteiger partial charge in [0.15, 0.2) is 6.10 Å². The van der Waals surface area contributed by atoms with Gasteiger partial charge in [0.05, 0.1) is 34.4 Å². The van der Waals surface area contributed by atoms with E-state index in [0.29, 0.717) is 17.4 Å². The number of hydrogen-bond donors (Lipinski definition) is 1. The summed E-state index contributed by atoms with van der Waals surface area (Å²) in [7, 11) is 5.97. The van der Waals surface area contributed by atoms with Crippen LogP contribution in [-0.2, 0) is 33.3 Å². The van der Waals surface area contributed by atoms with Crippen LogP contribution in [-0.4, -0.2) is 87.4 Å². The monoisotopic (exact) mass is 919 g/mol. The second kappa shape index (κ2) is 48.0. The fourth-order valence-corrected chi connectivity index (χ4v) is 7.63. The standard InChI is InChI=1S/C56H103NO8/c1-6-8-10-12-14-16-18-20-22-24-25-26-27-28-29-31-33-35-37-39-41-43-45-47-54(59)65-52(51-64-56(55(60)61)62-49-48-57(3,4)5)50-63-53(58)46-44-42-40-38-36-34-32-30-23-21-19-17-15-13-11-9-7-2/h18,20-21,23-25,52,56H,6-17,19,22,26-51H2,1-5H3/p+1/b20-18-,23-21-,25-24-. The Morgan fingerprint density at radius 1 is 0.462 bits per heavy atom. The van der Waals surface area contributed by atoms with E-state index >= 15 is 0 Å². The quantitative estimate of drug-likeness (QED) is 0.0211. The number of rotatable bonds is 50. The molecule has 0 rings (SSSR count). The summed E-state index contributed by atoms with van der Waals surface area (Å²) in [4.78, 5) is 37.3. The maximum Gasteiger partial charge on any atom is 0.361 e. The van der Waals surface area contributed by atoms with Crippen LogP contribution in [0.25, 0.3) is 0 Å². The molecular weight excluding hydrogens is 815 g/mol. The summed E-state index contributed by atoms with van der Waals surface area (Å²) < 4.78 is 22.8. The maximum atomic E-state index is 12.8. The third-order valence-corrected chi connectivity index (χ3v) is 11.9. The molecule has 0 fully saturated rings. The minimum absolute atomic E-state index is 0.183. The lowest BCUT2D eigenvalue weighted by Crippen LogP contribution is -2.40. The highest BCUT2D eigenvalue weighted by Gasteiger charge is 2.25. The van der Waals surface area contributed by atoms with Crippen LogP contribution in [0.3, 0.4) is 0 Å². The van der Waals surface area contributed by atoms with Gasteiger partial charge in [-0.1, -0.05) is 198 Å². The number of carbonyl (C=O) groups excluding carboxylic acids is 2. The predicted molar refractivity (Wildman–Crippen MR) is 272 cm³/mol. The van der Waals surface area contributed by atoms with Crippen molar-refractivity contribution in [2.45, 2.75) is 257 Å². The minimum Gasteiger partial charge on any atom is -0.477 e. The fraction of sp³-hybridized carbons (Fsp3) is 0.839. The molecule has 0 aromatic heterocycles. The Balaban J connectivity index is 4.29. The molecule has 0 aliphatic heterocycles. The molecule has 380 valence electrons. The van der Waals surface area contributed by atoms with E-state index < -0.39 is 24.3 Å². The van der Waals surface area contributed by atoms with Crippen molar-refractivity contribution in [1.82, 2.24) is 0 Å². The summed E-state index contributed by atoms with van der Waals surface area (Å²) in [5.74, 6) is -2.00. The van der Waals surface area contributed by atoms with Gasteiger partial charge in [0, 0.05) is 12.8 Å². The Labute approximate surface area is 400 Å². The zero-order chi connectivity index (χ0) is 47.7. The highest BCUT2D eigenvalue weighted by atomic mass is 16.7. The third-order valence-electron chi connectivity index (χ3n) is 11.9. The number of carboxylic acids is 1. The first-order chi connectivity index (χ1) is 31.6.